The number of aromatic nitrogens is 5. The van der Waals surface area contributed by atoms with Crippen LogP contribution in [0, 0.1) is 0 Å². The summed E-state index contributed by atoms with van der Waals surface area (Å²) in [6.45, 7) is 4.91. The number of benzene rings is 1. The molecule has 29 heavy (non-hydrogen) atoms. The van der Waals surface area contributed by atoms with E-state index < -0.39 is 0 Å². The van der Waals surface area contributed by atoms with Crippen LogP contribution in [0.25, 0.3) is 21.9 Å². The Morgan fingerprint density at radius 2 is 2.21 bits per heavy atom. The number of hydrogen-bond donors (Lipinski definition) is 2. The number of H-pyrrole nitrogens is 1. The predicted molar refractivity (Wildman–Crippen MR) is 112 cm³/mol. The molecule has 1 aliphatic rings. The molecule has 0 bridgehead atoms. The van der Waals surface area contributed by atoms with Crippen molar-refractivity contribution in [2.75, 3.05) is 11.9 Å². The topological polar surface area (TPSA) is 89.9 Å². The van der Waals surface area contributed by atoms with Crippen molar-refractivity contribution in [2.24, 2.45) is 7.05 Å². The van der Waals surface area contributed by atoms with E-state index in [-0.39, 0.29) is 11.7 Å². The van der Waals surface area contributed by atoms with Crippen molar-refractivity contribution in [3.8, 4) is 5.88 Å². The van der Waals surface area contributed by atoms with Crippen molar-refractivity contribution in [1.29, 1.82) is 0 Å². The van der Waals surface area contributed by atoms with Gasteiger partial charge in [0.05, 0.1) is 28.6 Å². The summed E-state index contributed by atoms with van der Waals surface area (Å²) in [5.74, 6) is 1.37. The summed E-state index contributed by atoms with van der Waals surface area (Å²) in [4.78, 5) is 4.39. The third kappa shape index (κ3) is 3.40. The maximum Gasteiger partial charge on any atom is 0.241 e. The van der Waals surface area contributed by atoms with Crippen LogP contribution in [-0.2, 0) is 11.8 Å². The minimum Gasteiger partial charge on any atom is -0.473 e. The van der Waals surface area contributed by atoms with Crippen molar-refractivity contribution in [3.05, 3.63) is 36.5 Å². The van der Waals surface area contributed by atoms with Crippen LogP contribution in [0.4, 0.5) is 11.5 Å². The van der Waals surface area contributed by atoms with Crippen LogP contribution in [0.3, 0.4) is 0 Å². The summed E-state index contributed by atoms with van der Waals surface area (Å²) in [6, 6.07) is 9.92. The van der Waals surface area contributed by atoms with Gasteiger partial charge in [0.15, 0.2) is 5.82 Å². The van der Waals surface area contributed by atoms with Crippen LogP contribution in [0.1, 0.15) is 26.7 Å². The zero-order valence-corrected chi connectivity index (χ0v) is 16.8. The van der Waals surface area contributed by atoms with Gasteiger partial charge in [-0.3, -0.25) is 14.8 Å². The average molecular weight is 392 g/mol. The van der Waals surface area contributed by atoms with Crippen molar-refractivity contribution in [2.45, 2.75) is 38.4 Å². The lowest BCUT2D eigenvalue weighted by atomic mass is 9.96. The first-order chi connectivity index (χ1) is 14.0. The lowest BCUT2D eigenvalue weighted by Gasteiger charge is -2.35. The monoisotopic (exact) mass is 392 g/mol. The molecule has 1 atom stereocenters. The molecular formula is C21H24N6O2. The van der Waals surface area contributed by atoms with Crippen molar-refractivity contribution < 1.29 is 9.47 Å². The highest BCUT2D eigenvalue weighted by molar-refractivity contribution is 5.91. The number of fused-ring (bicyclic) bond motifs is 2. The number of rotatable bonds is 4. The van der Waals surface area contributed by atoms with E-state index in [4.69, 9.17) is 9.47 Å². The molecule has 0 spiro atoms. The highest BCUT2D eigenvalue weighted by Crippen LogP contribution is 2.32. The summed E-state index contributed by atoms with van der Waals surface area (Å²) < 4.78 is 13.9. The standard InChI is InChI=1S/C21H24N6O2/c1-21(2)12-14(8-10-28-21)29-20-15-7-6-13(11-17(15)27(3)26-20)23-19-18-16(24-25-19)5-4-9-22-18/h4-7,9,11,14H,8,10,12H2,1-3H3,(H2,23,24,25). The number of aromatic amines is 1. The van der Waals surface area contributed by atoms with Crippen LogP contribution in [0.15, 0.2) is 36.5 Å². The quantitative estimate of drug-likeness (QED) is 0.547. The van der Waals surface area contributed by atoms with E-state index in [1.165, 1.54) is 0 Å². The number of hydrogen-bond acceptors (Lipinski definition) is 6. The van der Waals surface area contributed by atoms with E-state index in [2.05, 4.69) is 39.4 Å². The third-order valence-electron chi connectivity index (χ3n) is 5.33. The Kier molecular flexibility index (Phi) is 4.16. The van der Waals surface area contributed by atoms with E-state index in [9.17, 15) is 0 Å². The van der Waals surface area contributed by atoms with Crippen molar-refractivity contribution >= 4 is 33.4 Å². The van der Waals surface area contributed by atoms with Crippen LogP contribution in [-0.4, -0.2) is 43.3 Å². The largest absolute Gasteiger partial charge is 0.473 e. The Hall–Kier alpha value is -3.13. The summed E-state index contributed by atoms with van der Waals surface area (Å²) in [5, 5.41) is 16.3. The molecule has 150 valence electrons. The van der Waals surface area contributed by atoms with E-state index in [1.807, 2.05) is 42.1 Å². The van der Waals surface area contributed by atoms with Crippen LogP contribution in [0.5, 0.6) is 5.88 Å². The van der Waals surface area contributed by atoms with Gasteiger partial charge in [0.1, 0.15) is 11.6 Å². The second kappa shape index (κ2) is 6.73. The second-order valence-electron chi connectivity index (χ2n) is 8.10. The van der Waals surface area contributed by atoms with Gasteiger partial charge in [-0.25, -0.2) is 0 Å². The average Bonchev–Trinajstić information content (AvgIpc) is 3.23. The molecule has 1 aromatic carbocycles. The van der Waals surface area contributed by atoms with Gasteiger partial charge < -0.3 is 14.8 Å². The molecule has 8 heteroatoms. The molecule has 2 N–H and O–H groups in total. The summed E-state index contributed by atoms with van der Waals surface area (Å²) in [7, 11) is 1.93. The number of ether oxygens (including phenoxy) is 2. The molecule has 4 heterocycles. The van der Waals surface area contributed by atoms with Gasteiger partial charge in [-0.15, -0.1) is 5.10 Å². The lowest BCUT2D eigenvalue weighted by Crippen LogP contribution is -2.39. The zero-order chi connectivity index (χ0) is 20.0. The molecule has 0 aliphatic carbocycles. The fourth-order valence-electron chi connectivity index (χ4n) is 3.90. The number of aryl methyl sites for hydroxylation is 1. The fourth-order valence-corrected chi connectivity index (χ4v) is 3.90. The van der Waals surface area contributed by atoms with Gasteiger partial charge in [-0.05, 0) is 44.2 Å². The number of nitrogens with zero attached hydrogens (tertiary/aromatic N) is 4. The molecule has 1 unspecified atom stereocenters. The van der Waals surface area contributed by atoms with Crippen LogP contribution >= 0.6 is 0 Å². The molecule has 0 radical (unpaired) electrons. The SMILES string of the molecule is Cn1nc(OC2CCOC(C)(C)C2)c2ccc(Nc3n[nH]c4cccnc34)cc21. The minimum atomic E-state index is -0.162. The van der Waals surface area contributed by atoms with Gasteiger partial charge in [-0.2, -0.15) is 5.10 Å². The molecular weight excluding hydrogens is 368 g/mol. The molecule has 1 saturated heterocycles. The van der Waals surface area contributed by atoms with Gasteiger partial charge in [0.25, 0.3) is 0 Å². The van der Waals surface area contributed by atoms with Crippen LogP contribution in [0.2, 0.25) is 0 Å². The third-order valence-corrected chi connectivity index (χ3v) is 5.33. The van der Waals surface area contributed by atoms with E-state index >= 15 is 0 Å². The molecule has 0 amide bonds. The fraction of sp³-hybridized carbons (Fsp3) is 0.381. The molecule has 8 nitrogen and oxygen atoms in total. The highest BCUT2D eigenvalue weighted by atomic mass is 16.5. The summed E-state index contributed by atoms with van der Waals surface area (Å²) in [6.07, 6.45) is 3.59. The van der Waals surface area contributed by atoms with Crippen molar-refractivity contribution in [1.82, 2.24) is 25.0 Å². The van der Waals surface area contributed by atoms with Crippen molar-refractivity contribution in [3.63, 3.8) is 0 Å². The van der Waals surface area contributed by atoms with E-state index in [0.29, 0.717) is 18.3 Å². The molecule has 3 aromatic heterocycles. The minimum absolute atomic E-state index is 0.108. The maximum atomic E-state index is 6.27. The maximum absolute atomic E-state index is 6.27. The molecule has 1 aliphatic heterocycles. The summed E-state index contributed by atoms with van der Waals surface area (Å²) in [5.41, 5.74) is 3.45. The Balaban J connectivity index is 1.42. The smallest absolute Gasteiger partial charge is 0.241 e. The van der Waals surface area contributed by atoms with Gasteiger partial charge in [0, 0.05) is 31.8 Å². The molecule has 1 fully saturated rings. The van der Waals surface area contributed by atoms with Gasteiger partial charge >= 0.3 is 0 Å². The number of anilines is 2. The Morgan fingerprint density at radius 3 is 3.07 bits per heavy atom. The highest BCUT2D eigenvalue weighted by Gasteiger charge is 2.31. The van der Waals surface area contributed by atoms with E-state index in [1.54, 1.807) is 6.20 Å². The zero-order valence-electron chi connectivity index (χ0n) is 16.8. The number of pyridine rings is 1. The van der Waals surface area contributed by atoms with Gasteiger partial charge in [0.2, 0.25) is 5.88 Å². The Bertz CT molecular complexity index is 1180. The first-order valence-electron chi connectivity index (χ1n) is 9.82. The first-order valence-corrected chi connectivity index (χ1v) is 9.82. The van der Waals surface area contributed by atoms with Gasteiger partial charge in [-0.1, -0.05) is 0 Å². The second-order valence-corrected chi connectivity index (χ2v) is 8.10. The summed E-state index contributed by atoms with van der Waals surface area (Å²) >= 11 is 0. The predicted octanol–water partition coefficient (Wildman–Crippen LogP) is 3.92. The van der Waals surface area contributed by atoms with E-state index in [0.717, 1.165) is 40.5 Å². The molecule has 5 rings (SSSR count). The van der Waals surface area contributed by atoms with Crippen LogP contribution < -0.4 is 10.1 Å². The molecule has 4 aromatic rings. The molecule has 0 saturated carbocycles. The Morgan fingerprint density at radius 1 is 1.31 bits per heavy atom. The first kappa shape index (κ1) is 17.9. The Labute approximate surface area is 168 Å². The number of nitrogens with one attached hydrogen (secondary N) is 2. The lowest BCUT2D eigenvalue weighted by molar-refractivity contribution is -0.0902. The normalized spacial score (nSPS) is 18.9.